The molecule has 0 aromatic heterocycles. The van der Waals surface area contributed by atoms with Gasteiger partial charge >= 0.3 is 12.0 Å². The molecule has 1 saturated carbocycles. The number of hydrogen-bond donors (Lipinski definition) is 2. The SMILES string of the molecule is CC(C)CCN(C(=O)N1CC(O)C[C@H]1C(=O)O)C1CC1. The molecule has 2 N–H and O–H groups in total. The predicted octanol–water partition coefficient (Wildman–Crippen LogP) is 1.14. The Balaban J connectivity index is 2.04. The van der Waals surface area contributed by atoms with Crippen LogP contribution in [0.15, 0.2) is 0 Å². The van der Waals surface area contributed by atoms with Gasteiger partial charge in [-0.1, -0.05) is 13.8 Å². The van der Waals surface area contributed by atoms with Gasteiger partial charge in [0.1, 0.15) is 6.04 Å². The van der Waals surface area contributed by atoms with Crippen LogP contribution in [0.4, 0.5) is 4.79 Å². The first-order valence-electron chi connectivity index (χ1n) is 7.38. The highest BCUT2D eigenvalue weighted by Crippen LogP contribution is 2.30. The van der Waals surface area contributed by atoms with Crippen molar-refractivity contribution in [2.75, 3.05) is 13.1 Å². The Morgan fingerprint density at radius 3 is 2.50 bits per heavy atom. The molecule has 0 bridgehead atoms. The Kier molecular flexibility index (Phi) is 4.52. The summed E-state index contributed by atoms with van der Waals surface area (Å²) in [7, 11) is 0. The summed E-state index contributed by atoms with van der Waals surface area (Å²) < 4.78 is 0. The maximum atomic E-state index is 12.6. The van der Waals surface area contributed by atoms with Gasteiger partial charge < -0.3 is 20.0 Å². The van der Waals surface area contributed by atoms with Crippen LogP contribution in [0.2, 0.25) is 0 Å². The van der Waals surface area contributed by atoms with Crippen molar-refractivity contribution >= 4 is 12.0 Å². The fourth-order valence-corrected chi connectivity index (χ4v) is 2.64. The molecule has 6 heteroatoms. The predicted molar refractivity (Wildman–Crippen MR) is 73.3 cm³/mol. The molecule has 0 radical (unpaired) electrons. The third kappa shape index (κ3) is 3.42. The van der Waals surface area contributed by atoms with E-state index in [1.54, 1.807) is 4.90 Å². The molecule has 2 aliphatic rings. The summed E-state index contributed by atoms with van der Waals surface area (Å²) >= 11 is 0. The highest BCUT2D eigenvalue weighted by Gasteiger charge is 2.43. The summed E-state index contributed by atoms with van der Waals surface area (Å²) in [6.45, 7) is 5.01. The van der Waals surface area contributed by atoms with Crippen molar-refractivity contribution in [2.45, 2.75) is 57.7 Å². The molecular weight excluding hydrogens is 260 g/mol. The minimum absolute atomic E-state index is 0.126. The third-order valence-electron chi connectivity index (χ3n) is 3.99. The van der Waals surface area contributed by atoms with E-state index in [1.807, 2.05) is 0 Å². The second-order valence-electron chi connectivity index (χ2n) is 6.29. The minimum atomic E-state index is -1.03. The Labute approximate surface area is 119 Å². The van der Waals surface area contributed by atoms with Crippen LogP contribution in [0.1, 0.15) is 39.5 Å². The van der Waals surface area contributed by atoms with E-state index in [9.17, 15) is 19.8 Å². The molecule has 2 fully saturated rings. The van der Waals surface area contributed by atoms with E-state index < -0.39 is 18.1 Å². The molecule has 1 aliphatic heterocycles. The zero-order chi connectivity index (χ0) is 14.9. The number of amides is 2. The van der Waals surface area contributed by atoms with Gasteiger partial charge in [-0.05, 0) is 25.2 Å². The number of carboxylic acid groups (broad SMARTS) is 1. The molecule has 114 valence electrons. The largest absolute Gasteiger partial charge is 0.480 e. The second kappa shape index (κ2) is 5.99. The van der Waals surface area contributed by atoms with Crippen LogP contribution >= 0.6 is 0 Å². The van der Waals surface area contributed by atoms with Gasteiger partial charge in [-0.2, -0.15) is 0 Å². The number of carbonyl (C=O) groups excluding carboxylic acids is 1. The third-order valence-corrected chi connectivity index (χ3v) is 3.99. The molecule has 1 heterocycles. The highest BCUT2D eigenvalue weighted by molar-refractivity contribution is 5.83. The topological polar surface area (TPSA) is 81.1 Å². The van der Waals surface area contributed by atoms with Gasteiger partial charge in [0.05, 0.1) is 6.10 Å². The maximum absolute atomic E-state index is 12.6. The normalized spacial score (nSPS) is 26.1. The van der Waals surface area contributed by atoms with Gasteiger partial charge in [0.25, 0.3) is 0 Å². The molecule has 2 amide bonds. The molecule has 1 saturated heterocycles. The van der Waals surface area contributed by atoms with Crippen molar-refractivity contribution in [3.63, 3.8) is 0 Å². The van der Waals surface area contributed by atoms with Crippen LogP contribution < -0.4 is 0 Å². The molecule has 20 heavy (non-hydrogen) atoms. The van der Waals surface area contributed by atoms with E-state index in [-0.39, 0.29) is 25.0 Å². The van der Waals surface area contributed by atoms with Crippen molar-refractivity contribution in [3.8, 4) is 0 Å². The first kappa shape index (κ1) is 15.1. The van der Waals surface area contributed by atoms with Crippen LogP contribution in [0, 0.1) is 5.92 Å². The van der Waals surface area contributed by atoms with Crippen molar-refractivity contribution < 1.29 is 19.8 Å². The Morgan fingerprint density at radius 2 is 2.00 bits per heavy atom. The molecule has 6 nitrogen and oxygen atoms in total. The molecule has 1 aliphatic carbocycles. The number of carboxylic acids is 1. The number of aliphatic carboxylic acids is 1. The number of β-amino-alcohol motifs (C(OH)–C–C–N with tert-alkyl or cyclic N) is 1. The number of rotatable bonds is 5. The zero-order valence-corrected chi connectivity index (χ0v) is 12.2. The molecule has 2 rings (SSSR count). The van der Waals surface area contributed by atoms with Crippen LogP contribution in [0.5, 0.6) is 0 Å². The molecule has 2 atom stereocenters. The fraction of sp³-hybridized carbons (Fsp3) is 0.857. The van der Waals surface area contributed by atoms with Crippen LogP contribution in [0.3, 0.4) is 0 Å². The summed E-state index contributed by atoms with van der Waals surface area (Å²) in [5.74, 6) is -0.530. The smallest absolute Gasteiger partial charge is 0.326 e. The van der Waals surface area contributed by atoms with Crippen molar-refractivity contribution in [2.24, 2.45) is 5.92 Å². The van der Waals surface area contributed by atoms with Crippen LogP contribution in [-0.4, -0.2) is 63.3 Å². The first-order valence-corrected chi connectivity index (χ1v) is 7.38. The lowest BCUT2D eigenvalue weighted by molar-refractivity contribution is -0.141. The Hall–Kier alpha value is -1.30. The van der Waals surface area contributed by atoms with Crippen LogP contribution in [0.25, 0.3) is 0 Å². The van der Waals surface area contributed by atoms with E-state index in [0.717, 1.165) is 19.3 Å². The fourth-order valence-electron chi connectivity index (χ4n) is 2.64. The van der Waals surface area contributed by atoms with E-state index in [1.165, 1.54) is 4.90 Å². The van der Waals surface area contributed by atoms with E-state index in [4.69, 9.17) is 0 Å². The number of aliphatic hydroxyl groups is 1. The minimum Gasteiger partial charge on any atom is -0.480 e. The zero-order valence-electron chi connectivity index (χ0n) is 12.2. The lowest BCUT2D eigenvalue weighted by Gasteiger charge is -2.30. The lowest BCUT2D eigenvalue weighted by atomic mass is 10.1. The molecular formula is C14H24N2O4. The van der Waals surface area contributed by atoms with Gasteiger partial charge in [0.15, 0.2) is 0 Å². The summed E-state index contributed by atoms with van der Waals surface area (Å²) in [6.07, 6.45) is 2.31. The number of aliphatic hydroxyl groups excluding tert-OH is 1. The van der Waals surface area contributed by atoms with E-state index in [0.29, 0.717) is 12.5 Å². The molecule has 0 aromatic rings. The number of urea groups is 1. The quantitative estimate of drug-likeness (QED) is 0.793. The second-order valence-corrected chi connectivity index (χ2v) is 6.29. The number of nitrogens with zero attached hydrogens (tertiary/aromatic N) is 2. The van der Waals surface area contributed by atoms with Crippen molar-refractivity contribution in [1.29, 1.82) is 0 Å². The lowest BCUT2D eigenvalue weighted by Crippen LogP contribution is -2.49. The number of likely N-dealkylation sites (tertiary alicyclic amines) is 1. The Bertz CT molecular complexity index is 381. The van der Waals surface area contributed by atoms with Crippen molar-refractivity contribution in [3.05, 3.63) is 0 Å². The van der Waals surface area contributed by atoms with E-state index >= 15 is 0 Å². The first-order chi connectivity index (χ1) is 9.40. The van der Waals surface area contributed by atoms with Gasteiger partial charge in [-0.15, -0.1) is 0 Å². The molecule has 0 spiro atoms. The van der Waals surface area contributed by atoms with Gasteiger partial charge in [-0.3, -0.25) is 0 Å². The summed E-state index contributed by atoms with van der Waals surface area (Å²) in [5, 5.41) is 18.8. The summed E-state index contributed by atoms with van der Waals surface area (Å²) in [4.78, 5) is 26.9. The summed E-state index contributed by atoms with van der Waals surface area (Å²) in [5.41, 5.74) is 0. The average molecular weight is 284 g/mol. The number of hydrogen-bond acceptors (Lipinski definition) is 3. The molecule has 1 unspecified atom stereocenters. The monoisotopic (exact) mass is 284 g/mol. The number of carbonyl (C=O) groups is 2. The van der Waals surface area contributed by atoms with Gasteiger partial charge in [-0.25, -0.2) is 9.59 Å². The maximum Gasteiger partial charge on any atom is 0.326 e. The molecule has 0 aromatic carbocycles. The van der Waals surface area contributed by atoms with Gasteiger partial charge in [0.2, 0.25) is 0 Å². The van der Waals surface area contributed by atoms with Crippen molar-refractivity contribution in [1.82, 2.24) is 9.80 Å². The van der Waals surface area contributed by atoms with Gasteiger partial charge in [0, 0.05) is 25.6 Å². The summed E-state index contributed by atoms with van der Waals surface area (Å²) in [6, 6.07) is -0.858. The Morgan fingerprint density at radius 1 is 1.35 bits per heavy atom. The van der Waals surface area contributed by atoms with E-state index in [2.05, 4.69) is 13.8 Å². The van der Waals surface area contributed by atoms with Crippen LogP contribution in [-0.2, 0) is 4.79 Å². The standard InChI is InChI=1S/C14H24N2O4/c1-9(2)5-6-15(10-3-4-10)14(20)16-8-11(17)7-12(16)13(18)19/h9-12,17H,3-8H2,1-2H3,(H,18,19)/t11?,12-/m0/s1. The average Bonchev–Trinajstić information content (AvgIpc) is 3.10. The highest BCUT2D eigenvalue weighted by atomic mass is 16.4.